The first-order chi connectivity index (χ1) is 11.3. The average Bonchev–Trinajstić information content (AvgIpc) is 2.87. The van der Waals surface area contributed by atoms with Crippen molar-refractivity contribution in [1.82, 2.24) is 4.90 Å². The van der Waals surface area contributed by atoms with Gasteiger partial charge in [-0.05, 0) is 55.3 Å². The quantitative estimate of drug-likeness (QED) is 0.801. The Kier molecular flexibility index (Phi) is 3.43. The Hall–Kier alpha value is -1.32. The zero-order valence-corrected chi connectivity index (χ0v) is 15.0. The zero-order valence-electron chi connectivity index (χ0n) is 15.0. The Morgan fingerprint density at radius 2 is 1.96 bits per heavy atom. The van der Waals surface area contributed by atoms with Crippen LogP contribution in [0.15, 0.2) is 11.8 Å². The Morgan fingerprint density at radius 3 is 2.67 bits per heavy atom. The van der Waals surface area contributed by atoms with Crippen LogP contribution >= 0.6 is 0 Å². The van der Waals surface area contributed by atoms with E-state index in [0.29, 0.717) is 24.2 Å². The molecule has 0 aromatic heterocycles. The van der Waals surface area contributed by atoms with E-state index in [-0.39, 0.29) is 22.5 Å². The number of carbonyl (C=O) groups is 2. The topological polar surface area (TPSA) is 57.6 Å². The number of allylic oxidation sites excluding steroid dienone is 2. The van der Waals surface area contributed by atoms with Crippen LogP contribution in [0, 0.1) is 34.5 Å². The van der Waals surface area contributed by atoms with Gasteiger partial charge in [-0.3, -0.25) is 9.59 Å². The van der Waals surface area contributed by atoms with Gasteiger partial charge >= 0.3 is 5.97 Å². The molecule has 0 amide bonds. The van der Waals surface area contributed by atoms with Crippen molar-refractivity contribution < 1.29 is 14.7 Å². The highest BCUT2D eigenvalue weighted by atomic mass is 16.4. The number of carboxylic acid groups (broad SMARTS) is 1. The van der Waals surface area contributed by atoms with Crippen LogP contribution in [0.4, 0.5) is 0 Å². The minimum absolute atomic E-state index is 0.0457. The maximum absolute atomic E-state index is 11.9. The van der Waals surface area contributed by atoms with Crippen LogP contribution < -0.4 is 0 Å². The molecule has 132 valence electrons. The molecule has 1 heterocycles. The molecule has 3 aliphatic carbocycles. The summed E-state index contributed by atoms with van der Waals surface area (Å²) in [5.41, 5.74) is 1.28. The van der Waals surface area contributed by atoms with Crippen LogP contribution in [0.5, 0.6) is 0 Å². The van der Waals surface area contributed by atoms with E-state index in [9.17, 15) is 14.7 Å². The number of piperidine rings is 1. The minimum Gasteiger partial charge on any atom is -0.481 e. The van der Waals surface area contributed by atoms with E-state index >= 15 is 0 Å². The summed E-state index contributed by atoms with van der Waals surface area (Å²) in [7, 11) is 2.12. The van der Waals surface area contributed by atoms with E-state index < -0.39 is 5.97 Å². The van der Waals surface area contributed by atoms with Crippen molar-refractivity contribution in [1.29, 1.82) is 0 Å². The van der Waals surface area contributed by atoms with Crippen molar-refractivity contribution >= 4 is 11.8 Å². The van der Waals surface area contributed by atoms with Crippen LogP contribution in [-0.4, -0.2) is 35.4 Å². The summed E-state index contributed by atoms with van der Waals surface area (Å²) in [6.45, 7) is 5.56. The van der Waals surface area contributed by atoms with Gasteiger partial charge in [0.15, 0.2) is 5.78 Å². The van der Waals surface area contributed by atoms with Crippen molar-refractivity contribution in [3.8, 4) is 0 Å². The lowest BCUT2D eigenvalue weighted by molar-refractivity contribution is -0.150. The summed E-state index contributed by atoms with van der Waals surface area (Å²) in [4.78, 5) is 26.0. The number of carbonyl (C=O) groups excluding carboxylic acids is 1. The Labute approximate surface area is 144 Å². The largest absolute Gasteiger partial charge is 0.481 e. The molecule has 3 fully saturated rings. The molecule has 24 heavy (non-hydrogen) atoms. The fourth-order valence-electron chi connectivity index (χ4n) is 6.98. The average molecular weight is 331 g/mol. The minimum atomic E-state index is -0.599. The molecule has 0 spiro atoms. The lowest BCUT2D eigenvalue weighted by Crippen LogP contribution is -2.57. The lowest BCUT2D eigenvalue weighted by Gasteiger charge is -2.60. The Morgan fingerprint density at radius 1 is 1.21 bits per heavy atom. The van der Waals surface area contributed by atoms with Crippen molar-refractivity contribution in [2.75, 3.05) is 13.6 Å². The first-order valence-corrected chi connectivity index (χ1v) is 9.46. The van der Waals surface area contributed by atoms with E-state index in [1.54, 1.807) is 0 Å². The number of hydrogen-bond acceptors (Lipinski definition) is 3. The molecular formula is C20H29NO3. The summed E-state index contributed by atoms with van der Waals surface area (Å²) < 4.78 is 0. The molecule has 1 N–H and O–H groups in total. The number of nitrogens with zero attached hydrogens (tertiary/aromatic N) is 1. The van der Waals surface area contributed by atoms with Crippen molar-refractivity contribution in [3.63, 3.8) is 0 Å². The summed E-state index contributed by atoms with van der Waals surface area (Å²) in [5.74, 6) is 1.16. The number of ketones is 1. The van der Waals surface area contributed by atoms with Crippen LogP contribution in [-0.2, 0) is 9.59 Å². The number of aliphatic carboxylic acids is 1. The summed E-state index contributed by atoms with van der Waals surface area (Å²) in [6, 6.07) is 0. The maximum Gasteiger partial charge on any atom is 0.307 e. The van der Waals surface area contributed by atoms with Crippen LogP contribution in [0.1, 0.15) is 52.4 Å². The molecule has 4 nitrogen and oxygen atoms in total. The fraction of sp³-hybridized carbons (Fsp3) is 0.800. The highest BCUT2D eigenvalue weighted by molar-refractivity contribution is 5.91. The van der Waals surface area contributed by atoms with Gasteiger partial charge in [-0.1, -0.05) is 13.8 Å². The first-order valence-electron chi connectivity index (χ1n) is 9.46. The van der Waals surface area contributed by atoms with Crippen LogP contribution in [0.3, 0.4) is 0 Å². The first kappa shape index (κ1) is 16.2. The molecule has 4 rings (SSSR count). The maximum atomic E-state index is 11.9. The molecule has 0 bridgehead atoms. The second-order valence-corrected chi connectivity index (χ2v) is 9.18. The smallest absolute Gasteiger partial charge is 0.307 e. The number of likely N-dealkylation sites (tertiary alicyclic amines) is 1. The predicted molar refractivity (Wildman–Crippen MR) is 91.2 cm³/mol. The molecule has 0 unspecified atom stereocenters. The Bertz CT molecular complexity index is 626. The highest BCUT2D eigenvalue weighted by Crippen LogP contribution is 2.65. The summed E-state index contributed by atoms with van der Waals surface area (Å²) in [5, 5.41) is 9.68. The van der Waals surface area contributed by atoms with Gasteiger partial charge in [-0.2, -0.15) is 0 Å². The second-order valence-electron chi connectivity index (χ2n) is 9.18. The monoisotopic (exact) mass is 331 g/mol. The zero-order chi connectivity index (χ0) is 17.3. The van der Waals surface area contributed by atoms with Crippen LogP contribution in [0.2, 0.25) is 0 Å². The van der Waals surface area contributed by atoms with Gasteiger partial charge in [-0.15, -0.1) is 0 Å². The van der Waals surface area contributed by atoms with Crippen molar-refractivity contribution in [3.05, 3.63) is 11.8 Å². The summed E-state index contributed by atoms with van der Waals surface area (Å²) >= 11 is 0. The van der Waals surface area contributed by atoms with Gasteiger partial charge in [0, 0.05) is 37.2 Å². The number of fused-ring (bicyclic) bond motifs is 5. The van der Waals surface area contributed by atoms with Crippen LogP contribution in [0.25, 0.3) is 0 Å². The molecule has 4 heteroatoms. The van der Waals surface area contributed by atoms with Gasteiger partial charge in [0.25, 0.3) is 0 Å². The second kappa shape index (κ2) is 5.09. The van der Waals surface area contributed by atoms with Gasteiger partial charge in [-0.25, -0.2) is 0 Å². The molecule has 1 saturated heterocycles. The van der Waals surface area contributed by atoms with Gasteiger partial charge in [0.2, 0.25) is 0 Å². The van der Waals surface area contributed by atoms with Gasteiger partial charge in [0.1, 0.15) is 0 Å². The van der Waals surface area contributed by atoms with Crippen molar-refractivity contribution in [2.45, 2.75) is 52.4 Å². The molecule has 0 aromatic rings. The molecule has 0 radical (unpaired) electrons. The highest BCUT2D eigenvalue weighted by Gasteiger charge is 2.61. The number of hydrogen-bond donors (Lipinski definition) is 1. The van der Waals surface area contributed by atoms with E-state index in [4.69, 9.17) is 0 Å². The lowest BCUT2D eigenvalue weighted by atomic mass is 9.49. The van der Waals surface area contributed by atoms with E-state index in [1.165, 1.54) is 5.70 Å². The third-order valence-corrected chi connectivity index (χ3v) is 8.22. The standard InChI is InChI=1S/C20H29NO3/c1-19-9-7-15-13(14(19)4-5-16(19)18(23)24)11-21(3)17-10-12(22)6-8-20(15,17)2/h10,13-16H,4-9,11H2,1-3H3,(H,23,24)/t13-,14-,15-,16+,19-,20+/m0/s1. The molecule has 6 atom stereocenters. The third kappa shape index (κ3) is 1.98. The number of rotatable bonds is 1. The van der Waals surface area contributed by atoms with Gasteiger partial charge in [0.05, 0.1) is 5.92 Å². The number of carboxylic acids is 1. The molecule has 4 aliphatic rings. The normalized spacial score (nSPS) is 47.5. The Balaban J connectivity index is 1.71. The molecule has 1 aliphatic heterocycles. The third-order valence-electron chi connectivity index (χ3n) is 8.22. The van der Waals surface area contributed by atoms with Crippen molar-refractivity contribution in [2.24, 2.45) is 34.5 Å². The molecule has 2 saturated carbocycles. The molecule has 0 aromatic carbocycles. The summed E-state index contributed by atoms with van der Waals surface area (Å²) in [6.07, 6.45) is 7.53. The molecular weight excluding hydrogens is 302 g/mol. The van der Waals surface area contributed by atoms with E-state index in [0.717, 1.165) is 38.6 Å². The van der Waals surface area contributed by atoms with E-state index in [1.807, 2.05) is 6.08 Å². The van der Waals surface area contributed by atoms with Gasteiger partial charge < -0.3 is 10.0 Å². The fourth-order valence-corrected chi connectivity index (χ4v) is 6.98. The van der Waals surface area contributed by atoms with E-state index in [2.05, 4.69) is 25.8 Å². The SMILES string of the molecule is CN1C[C@H]2[C@@H]3CC[C@H](C(=O)O)[C@@]3(C)CC[C@@H]2[C@@]2(C)CCC(=O)C=C12. The predicted octanol–water partition coefficient (Wildman–Crippen LogP) is 3.33.